The van der Waals surface area contributed by atoms with E-state index in [9.17, 15) is 0 Å². The summed E-state index contributed by atoms with van der Waals surface area (Å²) in [5, 5.41) is 9.38. The molecule has 0 spiro atoms. The minimum Gasteiger partial charge on any atom is -0.365 e. The Morgan fingerprint density at radius 1 is 0.864 bits per heavy atom. The molecule has 0 N–H and O–H groups in total. The van der Waals surface area contributed by atoms with Crippen molar-refractivity contribution in [3.05, 3.63) is 59.7 Å². The van der Waals surface area contributed by atoms with Crippen molar-refractivity contribution in [2.75, 3.05) is 6.54 Å². The first-order valence-corrected chi connectivity index (χ1v) is 7.79. The van der Waals surface area contributed by atoms with Crippen LogP contribution in [0.15, 0.2) is 48.5 Å². The Morgan fingerprint density at radius 2 is 1.59 bits per heavy atom. The van der Waals surface area contributed by atoms with Gasteiger partial charge in [0.05, 0.1) is 11.4 Å². The van der Waals surface area contributed by atoms with Gasteiger partial charge in [0.1, 0.15) is 11.0 Å². The van der Waals surface area contributed by atoms with Gasteiger partial charge < -0.3 is 4.90 Å². The summed E-state index contributed by atoms with van der Waals surface area (Å²) >= 11 is 0. The van der Waals surface area contributed by atoms with E-state index in [0.29, 0.717) is 0 Å². The highest BCUT2D eigenvalue weighted by Crippen LogP contribution is 2.40. The molecular formula is C18H16N4. The maximum Gasteiger partial charge on any atom is 0.113 e. The first kappa shape index (κ1) is 12.0. The number of fused-ring (bicyclic) bond motifs is 4. The molecule has 108 valence electrons. The highest BCUT2D eigenvalue weighted by molar-refractivity contribution is 5.86. The second-order valence-corrected chi connectivity index (χ2v) is 5.96. The smallest absolute Gasteiger partial charge is 0.113 e. The van der Waals surface area contributed by atoms with Crippen LogP contribution in [0.4, 0.5) is 0 Å². The molecule has 0 bridgehead atoms. The topological polar surface area (TPSA) is 34.0 Å². The van der Waals surface area contributed by atoms with Gasteiger partial charge in [-0.1, -0.05) is 36.4 Å². The second kappa shape index (κ2) is 4.44. The fraction of sp³-hybridized carbons (Fsp3) is 0.222. The van der Waals surface area contributed by atoms with Gasteiger partial charge in [-0.25, -0.2) is 0 Å². The monoisotopic (exact) mass is 288 g/mol. The zero-order valence-corrected chi connectivity index (χ0v) is 12.2. The van der Waals surface area contributed by atoms with Crippen LogP contribution in [0.25, 0.3) is 22.4 Å². The molecule has 4 nitrogen and oxygen atoms in total. The van der Waals surface area contributed by atoms with E-state index in [4.69, 9.17) is 10.2 Å². The van der Waals surface area contributed by atoms with Gasteiger partial charge in [0.25, 0.3) is 0 Å². The average molecular weight is 288 g/mol. The first-order valence-electron chi connectivity index (χ1n) is 7.79. The van der Waals surface area contributed by atoms with Crippen LogP contribution in [0.5, 0.6) is 0 Å². The number of benzene rings is 2. The van der Waals surface area contributed by atoms with Gasteiger partial charge in [0, 0.05) is 18.7 Å². The van der Waals surface area contributed by atoms with E-state index in [1.165, 1.54) is 22.5 Å². The summed E-state index contributed by atoms with van der Waals surface area (Å²) in [7, 11) is 0. The number of nitrogens with zero attached hydrogens (tertiary/aromatic N) is 4. The molecule has 0 aliphatic carbocycles. The van der Waals surface area contributed by atoms with Gasteiger partial charge in [-0.2, -0.15) is 4.80 Å². The molecule has 0 unspecified atom stereocenters. The Morgan fingerprint density at radius 3 is 2.41 bits per heavy atom. The molecule has 1 aromatic heterocycles. The Hall–Kier alpha value is -2.62. The van der Waals surface area contributed by atoms with Crippen LogP contribution in [-0.4, -0.2) is 26.4 Å². The molecule has 0 fully saturated rings. The van der Waals surface area contributed by atoms with Crippen LogP contribution in [0.2, 0.25) is 0 Å². The van der Waals surface area contributed by atoms with Gasteiger partial charge in [0.2, 0.25) is 0 Å². The van der Waals surface area contributed by atoms with E-state index in [1.54, 1.807) is 0 Å². The molecule has 0 saturated heterocycles. The van der Waals surface area contributed by atoms with E-state index in [2.05, 4.69) is 29.2 Å². The summed E-state index contributed by atoms with van der Waals surface area (Å²) in [5.41, 5.74) is 7.22. The molecule has 0 atom stereocenters. The average Bonchev–Trinajstić information content (AvgIpc) is 3.15. The Bertz CT molecular complexity index is 873. The van der Waals surface area contributed by atoms with Crippen LogP contribution in [0, 0.1) is 0 Å². The predicted molar refractivity (Wildman–Crippen MR) is 86.7 cm³/mol. The van der Waals surface area contributed by atoms with Gasteiger partial charge in [-0.05, 0) is 30.5 Å². The summed E-state index contributed by atoms with van der Waals surface area (Å²) in [6.45, 7) is 2.13. The molecular weight excluding hydrogens is 272 g/mol. The molecule has 0 radical (unpaired) electrons. The van der Waals surface area contributed by atoms with Crippen molar-refractivity contribution in [2.45, 2.75) is 19.4 Å². The number of rotatable bonds is 1. The van der Waals surface area contributed by atoms with Crippen LogP contribution >= 0.6 is 0 Å². The van der Waals surface area contributed by atoms with Gasteiger partial charge in [-0.3, -0.25) is 0 Å². The van der Waals surface area contributed by atoms with E-state index < -0.39 is 0 Å². The standard InChI is InChI=1S/C18H16N4/c1-2-7-14-13(6-1)12-21-11-5-10-17(18(14)21)22-19-15-8-3-4-9-16(15)20-22/h1-4,6-9H,5,10-12H2. The maximum absolute atomic E-state index is 4.69. The summed E-state index contributed by atoms with van der Waals surface area (Å²) in [6.07, 6.45) is 2.19. The molecule has 22 heavy (non-hydrogen) atoms. The molecule has 0 amide bonds. The highest BCUT2D eigenvalue weighted by Gasteiger charge is 2.30. The largest absolute Gasteiger partial charge is 0.365 e. The molecule has 4 heteroatoms. The summed E-state index contributed by atoms with van der Waals surface area (Å²) < 4.78 is 0. The first-order chi connectivity index (χ1) is 10.9. The van der Waals surface area contributed by atoms with Crippen molar-refractivity contribution in [3.8, 4) is 0 Å². The zero-order valence-electron chi connectivity index (χ0n) is 12.2. The van der Waals surface area contributed by atoms with Crippen LogP contribution in [0.3, 0.4) is 0 Å². The number of allylic oxidation sites excluding steroid dienone is 1. The van der Waals surface area contributed by atoms with Crippen LogP contribution in [0.1, 0.15) is 24.0 Å². The molecule has 5 rings (SSSR count). The van der Waals surface area contributed by atoms with Crippen molar-refractivity contribution in [1.29, 1.82) is 0 Å². The van der Waals surface area contributed by atoms with E-state index in [0.717, 1.165) is 37.0 Å². The third-order valence-electron chi connectivity index (χ3n) is 4.59. The molecule has 2 aliphatic heterocycles. The lowest BCUT2D eigenvalue weighted by Crippen LogP contribution is -2.24. The SMILES string of the molecule is c1ccc2c(c1)CN1CCCC(n3nc4ccccc4n3)=C21. The molecule has 2 aliphatic rings. The van der Waals surface area contributed by atoms with E-state index in [1.807, 2.05) is 29.1 Å². The molecule has 0 saturated carbocycles. The highest BCUT2D eigenvalue weighted by atomic mass is 15.5. The Labute approximate surface area is 128 Å². The van der Waals surface area contributed by atoms with Crippen LogP contribution in [-0.2, 0) is 6.54 Å². The third kappa shape index (κ3) is 1.64. The number of hydrogen-bond acceptors (Lipinski definition) is 3. The minimum atomic E-state index is 0.957. The molecule has 3 aromatic rings. The van der Waals surface area contributed by atoms with Crippen molar-refractivity contribution < 1.29 is 0 Å². The van der Waals surface area contributed by atoms with Gasteiger partial charge in [-0.15, -0.1) is 10.2 Å². The van der Waals surface area contributed by atoms with Crippen molar-refractivity contribution in [3.63, 3.8) is 0 Å². The van der Waals surface area contributed by atoms with Crippen molar-refractivity contribution in [1.82, 2.24) is 19.9 Å². The van der Waals surface area contributed by atoms with Crippen LogP contribution < -0.4 is 0 Å². The zero-order chi connectivity index (χ0) is 14.5. The number of aromatic nitrogens is 3. The maximum atomic E-state index is 4.69. The fourth-order valence-electron chi connectivity index (χ4n) is 3.60. The summed E-state index contributed by atoms with van der Waals surface area (Å²) in [4.78, 5) is 4.33. The lowest BCUT2D eigenvalue weighted by Gasteiger charge is -2.27. The predicted octanol–water partition coefficient (Wildman–Crippen LogP) is 3.37. The van der Waals surface area contributed by atoms with Gasteiger partial charge >= 0.3 is 0 Å². The quantitative estimate of drug-likeness (QED) is 0.688. The normalized spacial score (nSPS) is 17.0. The Kier molecular flexibility index (Phi) is 2.41. The fourth-order valence-corrected chi connectivity index (χ4v) is 3.60. The van der Waals surface area contributed by atoms with E-state index in [-0.39, 0.29) is 0 Å². The van der Waals surface area contributed by atoms with E-state index >= 15 is 0 Å². The molecule has 2 aromatic carbocycles. The summed E-state index contributed by atoms with van der Waals surface area (Å²) in [5.74, 6) is 0. The second-order valence-electron chi connectivity index (χ2n) is 5.96. The van der Waals surface area contributed by atoms with Crippen molar-refractivity contribution >= 4 is 22.4 Å². The third-order valence-corrected chi connectivity index (χ3v) is 4.59. The number of hydrogen-bond donors (Lipinski definition) is 0. The molecule has 3 heterocycles. The summed E-state index contributed by atoms with van der Waals surface area (Å²) in [6, 6.07) is 16.8. The van der Waals surface area contributed by atoms with Gasteiger partial charge in [0.15, 0.2) is 0 Å². The van der Waals surface area contributed by atoms with Crippen molar-refractivity contribution in [2.24, 2.45) is 0 Å². The minimum absolute atomic E-state index is 0.957. The lowest BCUT2D eigenvalue weighted by atomic mass is 10.0. The lowest BCUT2D eigenvalue weighted by molar-refractivity contribution is 0.386. The Balaban J connectivity index is 1.75.